The van der Waals surface area contributed by atoms with Gasteiger partial charge in [0.2, 0.25) is 0 Å². The molecule has 16 heavy (non-hydrogen) atoms. The molecule has 0 spiro atoms. The third-order valence-electron chi connectivity index (χ3n) is 3.44. The van der Waals surface area contributed by atoms with E-state index < -0.39 is 0 Å². The van der Waals surface area contributed by atoms with Gasteiger partial charge >= 0.3 is 0 Å². The summed E-state index contributed by atoms with van der Waals surface area (Å²) in [6.07, 6.45) is 12.9. The van der Waals surface area contributed by atoms with Gasteiger partial charge in [0.05, 0.1) is 0 Å². The Morgan fingerprint density at radius 1 is 0.938 bits per heavy atom. The van der Waals surface area contributed by atoms with Crippen LogP contribution in [0.15, 0.2) is 0 Å². The molecule has 0 unspecified atom stereocenters. The first-order valence-corrected chi connectivity index (χ1v) is 8.19. The third kappa shape index (κ3) is 8.58. The molecule has 0 aromatic heterocycles. The van der Waals surface area contributed by atoms with Gasteiger partial charge in [0.1, 0.15) is 0 Å². The molecule has 0 aliphatic heterocycles. The van der Waals surface area contributed by atoms with Gasteiger partial charge in [-0.2, -0.15) is 0 Å². The molecule has 0 atom stereocenters. The van der Waals surface area contributed by atoms with Crippen molar-refractivity contribution in [3.05, 3.63) is 0 Å². The number of hydrogen-bond donors (Lipinski definition) is 0. The Labute approximate surface area is 110 Å². The molecule has 1 rings (SSSR count). The van der Waals surface area contributed by atoms with Crippen LogP contribution in [0, 0.1) is 5.92 Å². The lowest BCUT2D eigenvalue weighted by Crippen LogP contribution is -2.22. The lowest BCUT2D eigenvalue weighted by atomic mass is 10.1. The number of rotatable bonds is 11. The van der Waals surface area contributed by atoms with Gasteiger partial charge in [-0.1, -0.05) is 48.0 Å². The smallest absolute Gasteiger partial charge is 0.00313 e. The Morgan fingerprint density at radius 2 is 1.50 bits per heavy atom. The molecule has 1 aliphatic carbocycles. The highest BCUT2D eigenvalue weighted by atomic mass is 79.9. The molecule has 1 fully saturated rings. The minimum absolute atomic E-state index is 1.05. The van der Waals surface area contributed by atoms with Crippen LogP contribution in [0.1, 0.15) is 57.8 Å². The van der Waals surface area contributed by atoms with Crippen molar-refractivity contribution in [2.24, 2.45) is 5.92 Å². The van der Waals surface area contributed by atoms with Crippen LogP contribution in [0.4, 0.5) is 0 Å². The van der Waals surface area contributed by atoms with Crippen LogP contribution < -0.4 is 0 Å². The summed E-state index contributed by atoms with van der Waals surface area (Å²) < 4.78 is 0. The normalized spacial score (nSPS) is 15.9. The molecule has 0 saturated heterocycles. The zero-order chi connectivity index (χ0) is 11.6. The predicted molar refractivity (Wildman–Crippen MR) is 76.3 cm³/mol. The molecule has 1 nitrogen and oxygen atoms in total. The van der Waals surface area contributed by atoms with E-state index in [2.05, 4.69) is 27.9 Å². The summed E-state index contributed by atoms with van der Waals surface area (Å²) >= 11 is 3.48. The summed E-state index contributed by atoms with van der Waals surface area (Å²) in [5.41, 5.74) is 0. The van der Waals surface area contributed by atoms with E-state index in [1.165, 1.54) is 76.2 Å². The molecule has 0 N–H and O–H groups in total. The second kappa shape index (κ2) is 9.47. The van der Waals surface area contributed by atoms with Gasteiger partial charge in [-0.25, -0.2) is 0 Å². The number of unbranched alkanes of at least 4 members (excludes halogenated alkanes) is 6. The van der Waals surface area contributed by atoms with Crippen molar-refractivity contribution in [2.45, 2.75) is 57.8 Å². The van der Waals surface area contributed by atoms with Crippen LogP contribution >= 0.6 is 15.9 Å². The van der Waals surface area contributed by atoms with Gasteiger partial charge in [-0.05, 0) is 45.2 Å². The van der Waals surface area contributed by atoms with Crippen molar-refractivity contribution >= 4 is 15.9 Å². The minimum atomic E-state index is 1.05. The largest absolute Gasteiger partial charge is 0.306 e. The van der Waals surface area contributed by atoms with Crippen LogP contribution in [0.25, 0.3) is 0 Å². The fourth-order valence-electron chi connectivity index (χ4n) is 2.19. The Hall–Kier alpha value is 0.440. The van der Waals surface area contributed by atoms with E-state index in [0.29, 0.717) is 0 Å². The summed E-state index contributed by atoms with van der Waals surface area (Å²) in [5.74, 6) is 1.05. The van der Waals surface area contributed by atoms with Crippen molar-refractivity contribution in [2.75, 3.05) is 25.5 Å². The fourth-order valence-corrected chi connectivity index (χ4v) is 2.59. The van der Waals surface area contributed by atoms with Crippen LogP contribution in [-0.2, 0) is 0 Å². The molecule has 2 heteroatoms. The Bertz CT molecular complexity index is 157. The SMILES string of the molecule is CN(CCCCCCCCCBr)CC1CC1. The molecular weight excluding hydrogens is 262 g/mol. The second-order valence-corrected chi connectivity index (χ2v) is 6.16. The zero-order valence-electron chi connectivity index (χ0n) is 10.9. The molecule has 1 aliphatic rings. The maximum absolute atomic E-state index is 3.48. The van der Waals surface area contributed by atoms with Crippen molar-refractivity contribution in [3.8, 4) is 0 Å². The maximum atomic E-state index is 3.48. The minimum Gasteiger partial charge on any atom is -0.306 e. The lowest BCUT2D eigenvalue weighted by molar-refractivity contribution is 0.311. The summed E-state index contributed by atoms with van der Waals surface area (Å²) in [4.78, 5) is 2.53. The summed E-state index contributed by atoms with van der Waals surface area (Å²) in [6.45, 7) is 2.67. The van der Waals surface area contributed by atoms with E-state index in [0.717, 1.165) is 5.92 Å². The number of halogens is 1. The highest BCUT2D eigenvalue weighted by Crippen LogP contribution is 2.29. The molecule has 0 radical (unpaired) electrons. The summed E-state index contributed by atoms with van der Waals surface area (Å²) in [6, 6.07) is 0. The van der Waals surface area contributed by atoms with Crippen LogP contribution in [0.2, 0.25) is 0 Å². The fraction of sp³-hybridized carbons (Fsp3) is 1.00. The van der Waals surface area contributed by atoms with E-state index in [-0.39, 0.29) is 0 Å². The average molecular weight is 290 g/mol. The Kier molecular flexibility index (Phi) is 8.58. The molecule has 0 aromatic rings. The Morgan fingerprint density at radius 3 is 2.06 bits per heavy atom. The van der Waals surface area contributed by atoms with Gasteiger partial charge in [0, 0.05) is 11.9 Å². The average Bonchev–Trinajstić information content (AvgIpc) is 3.06. The first kappa shape index (κ1) is 14.5. The third-order valence-corrected chi connectivity index (χ3v) is 4.00. The summed E-state index contributed by atoms with van der Waals surface area (Å²) in [5, 5.41) is 1.18. The number of alkyl halides is 1. The maximum Gasteiger partial charge on any atom is 0.00313 e. The van der Waals surface area contributed by atoms with Gasteiger partial charge < -0.3 is 4.90 Å². The van der Waals surface area contributed by atoms with E-state index in [1.807, 2.05) is 0 Å². The van der Waals surface area contributed by atoms with Gasteiger partial charge in [0.25, 0.3) is 0 Å². The zero-order valence-corrected chi connectivity index (χ0v) is 12.5. The first-order valence-electron chi connectivity index (χ1n) is 7.07. The van der Waals surface area contributed by atoms with Crippen molar-refractivity contribution in [1.82, 2.24) is 4.90 Å². The monoisotopic (exact) mass is 289 g/mol. The topological polar surface area (TPSA) is 3.24 Å². The van der Waals surface area contributed by atoms with Crippen molar-refractivity contribution in [3.63, 3.8) is 0 Å². The predicted octanol–water partition coefficient (Wildman–Crippen LogP) is 4.45. The molecule has 0 amide bonds. The van der Waals surface area contributed by atoms with E-state index in [1.54, 1.807) is 0 Å². The van der Waals surface area contributed by atoms with Crippen LogP contribution in [-0.4, -0.2) is 30.4 Å². The highest BCUT2D eigenvalue weighted by Gasteiger charge is 2.22. The van der Waals surface area contributed by atoms with Crippen LogP contribution in [0.3, 0.4) is 0 Å². The molecule has 96 valence electrons. The lowest BCUT2D eigenvalue weighted by Gasteiger charge is -2.15. The Balaban J connectivity index is 1.73. The van der Waals surface area contributed by atoms with Crippen LogP contribution in [0.5, 0.6) is 0 Å². The van der Waals surface area contributed by atoms with Gasteiger partial charge in [-0.3, -0.25) is 0 Å². The summed E-state index contributed by atoms with van der Waals surface area (Å²) in [7, 11) is 2.29. The second-order valence-electron chi connectivity index (χ2n) is 5.37. The quantitative estimate of drug-likeness (QED) is 0.401. The molecule has 0 bridgehead atoms. The van der Waals surface area contributed by atoms with E-state index in [9.17, 15) is 0 Å². The molecule has 0 aromatic carbocycles. The van der Waals surface area contributed by atoms with Crippen molar-refractivity contribution in [1.29, 1.82) is 0 Å². The van der Waals surface area contributed by atoms with Gasteiger partial charge in [0.15, 0.2) is 0 Å². The number of hydrogen-bond acceptors (Lipinski definition) is 1. The first-order chi connectivity index (χ1) is 7.83. The highest BCUT2D eigenvalue weighted by molar-refractivity contribution is 9.09. The molecule has 0 heterocycles. The molecule has 1 saturated carbocycles. The molecular formula is C14H28BrN. The van der Waals surface area contributed by atoms with E-state index in [4.69, 9.17) is 0 Å². The van der Waals surface area contributed by atoms with Crippen molar-refractivity contribution < 1.29 is 0 Å². The van der Waals surface area contributed by atoms with Gasteiger partial charge in [-0.15, -0.1) is 0 Å². The number of nitrogens with zero attached hydrogens (tertiary/aromatic N) is 1. The standard InChI is InChI=1S/C14H28BrN/c1-16(13-14-9-10-14)12-8-6-4-2-3-5-7-11-15/h14H,2-13H2,1H3. The van der Waals surface area contributed by atoms with E-state index >= 15 is 0 Å².